The van der Waals surface area contributed by atoms with E-state index < -0.39 is 34.4 Å². The highest BCUT2D eigenvalue weighted by atomic mass is 19.1. The van der Waals surface area contributed by atoms with Crippen LogP contribution in [-0.4, -0.2) is 48.7 Å². The van der Waals surface area contributed by atoms with Crippen LogP contribution in [0.2, 0.25) is 0 Å². The second kappa shape index (κ2) is 6.15. The van der Waals surface area contributed by atoms with Gasteiger partial charge in [-0.1, -0.05) is 0 Å². The molecule has 7 heteroatoms. The molecule has 1 unspecified atom stereocenters. The van der Waals surface area contributed by atoms with Crippen molar-refractivity contribution in [2.45, 2.75) is 12.5 Å². The third kappa shape index (κ3) is 4.43. The second-order valence-corrected chi connectivity index (χ2v) is 5.27. The molecule has 0 aliphatic rings. The molecule has 1 atom stereocenters. The number of nitrogens with one attached hydrogen (secondary N) is 1. The predicted octanol–water partition coefficient (Wildman–Crippen LogP) is 0.589. The second-order valence-electron chi connectivity index (χ2n) is 5.27. The van der Waals surface area contributed by atoms with Crippen LogP contribution in [0.4, 0.5) is 14.5 Å². The lowest BCUT2D eigenvalue weighted by atomic mass is 10.1. The number of halogens is 2. The van der Waals surface area contributed by atoms with E-state index in [9.17, 15) is 18.7 Å². The maximum atomic E-state index is 13.6. The number of hydrogen-bond acceptors (Lipinski definition) is 4. The number of nitrogens with zero attached hydrogens (tertiary/aromatic N) is 1. The van der Waals surface area contributed by atoms with Crippen molar-refractivity contribution in [3.63, 3.8) is 0 Å². The summed E-state index contributed by atoms with van der Waals surface area (Å²) in [6.45, 7) is 1.74. The molecule has 0 radical (unpaired) electrons. The van der Waals surface area contributed by atoms with E-state index in [4.69, 9.17) is 5.73 Å². The Hall–Kier alpha value is -1.73. The Morgan fingerprint density at radius 2 is 2.05 bits per heavy atom. The Balaban J connectivity index is 2.78. The molecule has 5 nitrogen and oxygen atoms in total. The number of aliphatic hydroxyl groups is 1. The first-order valence-electron chi connectivity index (χ1n) is 6.02. The topological polar surface area (TPSA) is 78.6 Å². The monoisotopic (exact) mass is 287 g/mol. The summed E-state index contributed by atoms with van der Waals surface area (Å²) in [5.74, 6) is -2.60. The summed E-state index contributed by atoms with van der Waals surface area (Å²) in [7, 11) is 3.53. The van der Waals surface area contributed by atoms with Crippen LogP contribution in [-0.2, 0) is 0 Å². The summed E-state index contributed by atoms with van der Waals surface area (Å²) in [5.41, 5.74) is 3.15. The third-order valence-electron chi connectivity index (χ3n) is 2.60. The van der Waals surface area contributed by atoms with Crippen molar-refractivity contribution in [3.05, 3.63) is 29.3 Å². The van der Waals surface area contributed by atoms with Crippen molar-refractivity contribution in [1.82, 2.24) is 10.2 Å². The average molecular weight is 287 g/mol. The van der Waals surface area contributed by atoms with Crippen LogP contribution in [0.3, 0.4) is 0 Å². The van der Waals surface area contributed by atoms with E-state index in [1.807, 2.05) is 0 Å². The predicted molar refractivity (Wildman–Crippen MR) is 72.3 cm³/mol. The quantitative estimate of drug-likeness (QED) is 0.693. The number of carbonyl (C=O) groups is 1. The lowest BCUT2D eigenvalue weighted by molar-refractivity contribution is 0.0325. The van der Waals surface area contributed by atoms with Gasteiger partial charge in [-0.25, -0.2) is 8.78 Å². The van der Waals surface area contributed by atoms with Crippen molar-refractivity contribution in [1.29, 1.82) is 0 Å². The molecule has 0 aliphatic heterocycles. The Bertz CT molecular complexity index is 505. The van der Waals surface area contributed by atoms with Gasteiger partial charge in [0.25, 0.3) is 5.91 Å². The smallest absolute Gasteiger partial charge is 0.254 e. The lowest BCUT2D eigenvalue weighted by Gasteiger charge is -2.27. The van der Waals surface area contributed by atoms with E-state index in [-0.39, 0.29) is 6.54 Å². The van der Waals surface area contributed by atoms with Crippen LogP contribution in [0.15, 0.2) is 12.1 Å². The largest absolute Gasteiger partial charge is 0.396 e. The molecule has 0 saturated carbocycles. The first kappa shape index (κ1) is 16.3. The molecule has 0 bridgehead atoms. The van der Waals surface area contributed by atoms with E-state index in [0.29, 0.717) is 6.54 Å². The first-order valence-corrected chi connectivity index (χ1v) is 6.02. The maximum absolute atomic E-state index is 13.6. The molecule has 0 heterocycles. The molecule has 20 heavy (non-hydrogen) atoms. The van der Waals surface area contributed by atoms with Gasteiger partial charge < -0.3 is 21.1 Å². The number of carbonyl (C=O) groups excluding carboxylic acids is 1. The molecular formula is C13H19F2N3O2. The van der Waals surface area contributed by atoms with Crippen molar-refractivity contribution >= 4 is 11.6 Å². The number of nitrogen functional groups attached to an aromatic ring is 1. The normalized spacial score (nSPS) is 14.2. The highest BCUT2D eigenvalue weighted by Crippen LogP contribution is 2.17. The number of rotatable bonds is 5. The molecule has 1 aromatic rings. The van der Waals surface area contributed by atoms with Crippen LogP contribution in [0.25, 0.3) is 0 Å². The number of anilines is 1. The molecular weight excluding hydrogens is 268 g/mol. The molecule has 0 aromatic heterocycles. The zero-order valence-electron chi connectivity index (χ0n) is 11.7. The Kier molecular flexibility index (Phi) is 5.02. The third-order valence-corrected chi connectivity index (χ3v) is 2.60. The van der Waals surface area contributed by atoms with E-state index in [2.05, 4.69) is 5.32 Å². The zero-order valence-corrected chi connectivity index (χ0v) is 11.7. The minimum atomic E-state index is -1.19. The summed E-state index contributed by atoms with van der Waals surface area (Å²) >= 11 is 0. The summed E-state index contributed by atoms with van der Waals surface area (Å²) in [6, 6.07) is 1.57. The fourth-order valence-electron chi connectivity index (χ4n) is 1.88. The van der Waals surface area contributed by atoms with Gasteiger partial charge in [-0.3, -0.25) is 4.79 Å². The molecule has 0 saturated heterocycles. The van der Waals surface area contributed by atoms with Gasteiger partial charge in [-0.15, -0.1) is 0 Å². The summed E-state index contributed by atoms with van der Waals surface area (Å²) in [5, 5.41) is 12.4. The molecule has 1 rings (SSSR count). The molecule has 112 valence electrons. The number of amides is 1. The van der Waals surface area contributed by atoms with Gasteiger partial charge in [0.15, 0.2) is 5.82 Å². The zero-order chi connectivity index (χ0) is 15.5. The van der Waals surface area contributed by atoms with Crippen LogP contribution in [0.5, 0.6) is 0 Å². The minimum absolute atomic E-state index is 0.0973. The maximum Gasteiger partial charge on any atom is 0.254 e. The first-order chi connectivity index (χ1) is 9.12. The molecule has 0 aliphatic carbocycles. The minimum Gasteiger partial charge on any atom is -0.396 e. The van der Waals surface area contributed by atoms with E-state index in [1.54, 1.807) is 19.0 Å². The van der Waals surface area contributed by atoms with Crippen molar-refractivity contribution in [2.24, 2.45) is 0 Å². The number of nitrogens with two attached hydrogens (primary N) is 1. The lowest BCUT2D eigenvalue weighted by Crippen LogP contribution is -2.47. The molecule has 0 fully saturated rings. The highest BCUT2D eigenvalue weighted by molar-refractivity contribution is 5.95. The summed E-state index contributed by atoms with van der Waals surface area (Å²) < 4.78 is 26.8. The van der Waals surface area contributed by atoms with Gasteiger partial charge in [0, 0.05) is 13.1 Å². The van der Waals surface area contributed by atoms with Crippen LogP contribution < -0.4 is 11.1 Å². The van der Waals surface area contributed by atoms with Gasteiger partial charge in [0.1, 0.15) is 5.82 Å². The number of benzene rings is 1. The van der Waals surface area contributed by atoms with E-state index >= 15 is 0 Å². The van der Waals surface area contributed by atoms with E-state index in [0.717, 1.165) is 12.1 Å². The van der Waals surface area contributed by atoms with E-state index in [1.165, 1.54) is 6.92 Å². The van der Waals surface area contributed by atoms with Gasteiger partial charge >= 0.3 is 0 Å². The Morgan fingerprint density at radius 3 is 2.60 bits per heavy atom. The number of likely N-dealkylation sites (N-methyl/N-ethyl adjacent to an activating group) is 1. The molecule has 1 aromatic carbocycles. The van der Waals surface area contributed by atoms with Gasteiger partial charge in [-0.2, -0.15) is 0 Å². The molecule has 1 amide bonds. The van der Waals surface area contributed by atoms with Gasteiger partial charge in [0.2, 0.25) is 0 Å². The fraction of sp³-hybridized carbons (Fsp3) is 0.462. The van der Waals surface area contributed by atoms with Crippen LogP contribution >= 0.6 is 0 Å². The molecule has 0 spiro atoms. The van der Waals surface area contributed by atoms with Crippen molar-refractivity contribution in [2.75, 3.05) is 32.9 Å². The molecule has 4 N–H and O–H groups in total. The van der Waals surface area contributed by atoms with Gasteiger partial charge in [-0.05, 0) is 33.2 Å². The summed E-state index contributed by atoms with van der Waals surface area (Å²) in [6.07, 6.45) is 0. The van der Waals surface area contributed by atoms with Crippen molar-refractivity contribution < 1.29 is 18.7 Å². The SMILES string of the molecule is CN(C)CC(C)(O)CNC(=O)c1cc(F)cc(N)c1F. The Morgan fingerprint density at radius 1 is 1.45 bits per heavy atom. The van der Waals surface area contributed by atoms with Crippen LogP contribution in [0.1, 0.15) is 17.3 Å². The van der Waals surface area contributed by atoms with Crippen LogP contribution in [0, 0.1) is 11.6 Å². The fourth-order valence-corrected chi connectivity index (χ4v) is 1.88. The Labute approximate surface area is 116 Å². The van der Waals surface area contributed by atoms with Crippen molar-refractivity contribution in [3.8, 4) is 0 Å². The number of hydrogen-bond donors (Lipinski definition) is 3. The summed E-state index contributed by atoms with van der Waals surface area (Å²) in [4.78, 5) is 13.5. The van der Waals surface area contributed by atoms with Gasteiger partial charge in [0.05, 0.1) is 16.9 Å². The highest BCUT2D eigenvalue weighted by Gasteiger charge is 2.24. The average Bonchev–Trinajstić information content (AvgIpc) is 2.29. The standard InChI is InChI=1S/C13H19F2N3O2/c1-13(20,7-18(2)3)6-17-12(19)9-4-8(14)5-10(16)11(9)15/h4-5,20H,6-7,16H2,1-3H3,(H,17,19).